The number of carbonyl (C=O) groups is 2. The van der Waals surface area contributed by atoms with Crippen LogP contribution in [0.1, 0.15) is 17.7 Å². The van der Waals surface area contributed by atoms with Crippen molar-refractivity contribution in [2.24, 2.45) is 0 Å². The monoisotopic (exact) mass is 368 g/mol. The van der Waals surface area contributed by atoms with Gasteiger partial charge in [-0.05, 0) is 29.8 Å². The maximum atomic E-state index is 12.4. The Balaban J connectivity index is 1.56. The summed E-state index contributed by atoms with van der Waals surface area (Å²) >= 11 is 0. The normalized spacial score (nSPS) is 17.2. The minimum absolute atomic E-state index is 0.114. The van der Waals surface area contributed by atoms with Gasteiger partial charge in [0.1, 0.15) is 5.75 Å². The van der Waals surface area contributed by atoms with Gasteiger partial charge in [-0.25, -0.2) is 0 Å². The van der Waals surface area contributed by atoms with E-state index in [1.807, 2.05) is 47.4 Å². The number of nitrogens with zero attached hydrogens (tertiary/aromatic N) is 2. The molecule has 0 radical (unpaired) electrons. The number of hydrogen-bond acceptors (Lipinski definition) is 5. The van der Waals surface area contributed by atoms with E-state index in [1.165, 1.54) is 0 Å². The zero-order chi connectivity index (χ0) is 19.1. The number of benzene rings is 1. The average molecular weight is 368 g/mol. The molecule has 2 aromatic rings. The first-order valence-corrected chi connectivity index (χ1v) is 8.97. The van der Waals surface area contributed by atoms with Crippen molar-refractivity contribution in [2.45, 2.75) is 25.6 Å². The number of rotatable bonds is 7. The lowest BCUT2D eigenvalue weighted by atomic mass is 10.1. The Labute approximate surface area is 158 Å². The van der Waals surface area contributed by atoms with Crippen molar-refractivity contribution in [1.82, 2.24) is 20.5 Å². The van der Waals surface area contributed by atoms with Crippen LogP contribution in [0.3, 0.4) is 0 Å². The fourth-order valence-corrected chi connectivity index (χ4v) is 3.06. The number of piperazine rings is 1. The van der Waals surface area contributed by atoms with Crippen molar-refractivity contribution in [2.75, 3.05) is 20.2 Å². The summed E-state index contributed by atoms with van der Waals surface area (Å²) in [6, 6.07) is 12.7. The van der Waals surface area contributed by atoms with Crippen molar-refractivity contribution in [3.8, 4) is 5.75 Å². The third-order valence-electron chi connectivity index (χ3n) is 4.56. The van der Waals surface area contributed by atoms with Crippen LogP contribution in [0.15, 0.2) is 48.7 Å². The largest absolute Gasteiger partial charge is 0.497 e. The zero-order valence-electron chi connectivity index (χ0n) is 15.4. The molecule has 1 unspecified atom stereocenters. The van der Waals surface area contributed by atoms with Crippen LogP contribution >= 0.6 is 0 Å². The Kier molecular flexibility index (Phi) is 6.38. The summed E-state index contributed by atoms with van der Waals surface area (Å²) in [5.41, 5.74) is 1.86. The molecular weight excluding hydrogens is 344 g/mol. The van der Waals surface area contributed by atoms with Gasteiger partial charge in [0.15, 0.2) is 0 Å². The van der Waals surface area contributed by atoms with E-state index < -0.39 is 6.04 Å². The number of methoxy groups -OCH3 is 1. The van der Waals surface area contributed by atoms with E-state index in [-0.39, 0.29) is 18.2 Å². The molecule has 1 saturated heterocycles. The fraction of sp³-hybridized carbons (Fsp3) is 0.350. The molecule has 7 nitrogen and oxygen atoms in total. The second-order valence-corrected chi connectivity index (χ2v) is 6.43. The van der Waals surface area contributed by atoms with E-state index in [9.17, 15) is 9.59 Å². The van der Waals surface area contributed by atoms with Gasteiger partial charge in [-0.15, -0.1) is 0 Å². The van der Waals surface area contributed by atoms with Gasteiger partial charge >= 0.3 is 0 Å². The van der Waals surface area contributed by atoms with Gasteiger partial charge in [0.25, 0.3) is 0 Å². The number of hydrogen-bond donors (Lipinski definition) is 2. The molecule has 7 heteroatoms. The second kappa shape index (κ2) is 9.14. The minimum atomic E-state index is -0.489. The van der Waals surface area contributed by atoms with Crippen molar-refractivity contribution >= 4 is 11.8 Å². The Morgan fingerprint density at radius 1 is 1.30 bits per heavy atom. The lowest BCUT2D eigenvalue weighted by Gasteiger charge is -2.34. The fourth-order valence-electron chi connectivity index (χ4n) is 3.06. The number of pyridine rings is 1. The van der Waals surface area contributed by atoms with Crippen LogP contribution in [0.4, 0.5) is 0 Å². The van der Waals surface area contributed by atoms with Gasteiger partial charge in [0, 0.05) is 32.4 Å². The molecule has 2 amide bonds. The molecule has 0 aliphatic carbocycles. The summed E-state index contributed by atoms with van der Waals surface area (Å²) < 4.78 is 5.13. The molecule has 1 aromatic carbocycles. The molecule has 27 heavy (non-hydrogen) atoms. The number of carbonyl (C=O) groups excluding carboxylic acids is 2. The summed E-state index contributed by atoms with van der Waals surface area (Å²) in [7, 11) is 1.61. The number of aromatic nitrogens is 1. The summed E-state index contributed by atoms with van der Waals surface area (Å²) in [4.78, 5) is 31.0. The van der Waals surface area contributed by atoms with E-state index >= 15 is 0 Å². The van der Waals surface area contributed by atoms with E-state index in [1.54, 1.807) is 13.3 Å². The van der Waals surface area contributed by atoms with Gasteiger partial charge in [-0.1, -0.05) is 18.2 Å². The van der Waals surface area contributed by atoms with Gasteiger partial charge in [0.2, 0.25) is 11.8 Å². The zero-order valence-corrected chi connectivity index (χ0v) is 15.4. The molecule has 1 atom stereocenters. The first-order valence-electron chi connectivity index (χ1n) is 8.97. The van der Waals surface area contributed by atoms with Crippen LogP contribution in [-0.2, 0) is 22.7 Å². The summed E-state index contributed by atoms with van der Waals surface area (Å²) in [6.07, 6.45) is 1.85. The standard InChI is InChI=1S/C20H24N4O3/c1-27-17-7-5-15(6-8-17)13-23-19(25)12-18-20(26)22-10-11-24(18)14-16-4-2-3-9-21-16/h2-9,18H,10-14H2,1H3,(H,22,26)(H,23,25). The first kappa shape index (κ1) is 18.8. The van der Waals surface area contributed by atoms with Crippen LogP contribution in [0, 0.1) is 0 Å². The van der Waals surface area contributed by atoms with Crippen LogP contribution in [0.5, 0.6) is 5.75 Å². The van der Waals surface area contributed by atoms with Crippen LogP contribution in [-0.4, -0.2) is 47.9 Å². The summed E-state index contributed by atoms with van der Waals surface area (Å²) in [6.45, 7) is 2.23. The Morgan fingerprint density at radius 2 is 2.11 bits per heavy atom. The minimum Gasteiger partial charge on any atom is -0.497 e. The van der Waals surface area contributed by atoms with Crippen molar-refractivity contribution in [3.05, 3.63) is 59.9 Å². The molecule has 1 aliphatic rings. The Bertz CT molecular complexity index is 765. The van der Waals surface area contributed by atoms with E-state index in [2.05, 4.69) is 15.6 Å². The summed E-state index contributed by atoms with van der Waals surface area (Å²) in [5.74, 6) is 0.504. The predicted octanol–water partition coefficient (Wildman–Crippen LogP) is 1.10. The van der Waals surface area contributed by atoms with Gasteiger partial charge in [-0.3, -0.25) is 19.5 Å². The molecule has 1 aromatic heterocycles. The van der Waals surface area contributed by atoms with Crippen LogP contribution < -0.4 is 15.4 Å². The third kappa shape index (κ3) is 5.27. The highest BCUT2D eigenvalue weighted by atomic mass is 16.5. The molecule has 1 fully saturated rings. The molecule has 142 valence electrons. The highest BCUT2D eigenvalue weighted by Gasteiger charge is 2.31. The van der Waals surface area contributed by atoms with E-state index in [4.69, 9.17) is 4.74 Å². The molecule has 2 heterocycles. The molecular formula is C20H24N4O3. The van der Waals surface area contributed by atoms with Crippen molar-refractivity contribution in [1.29, 1.82) is 0 Å². The lowest BCUT2D eigenvalue weighted by molar-refractivity contribution is -0.134. The smallest absolute Gasteiger partial charge is 0.237 e. The lowest BCUT2D eigenvalue weighted by Crippen LogP contribution is -2.56. The highest BCUT2D eigenvalue weighted by molar-refractivity contribution is 5.88. The molecule has 0 saturated carbocycles. The number of ether oxygens (including phenoxy) is 1. The van der Waals surface area contributed by atoms with Crippen LogP contribution in [0.25, 0.3) is 0 Å². The van der Waals surface area contributed by atoms with Crippen molar-refractivity contribution < 1.29 is 14.3 Å². The maximum absolute atomic E-state index is 12.4. The molecule has 3 rings (SSSR count). The average Bonchev–Trinajstić information content (AvgIpc) is 2.70. The topological polar surface area (TPSA) is 83.6 Å². The third-order valence-corrected chi connectivity index (χ3v) is 4.56. The Hall–Kier alpha value is -2.93. The van der Waals surface area contributed by atoms with E-state index in [0.29, 0.717) is 26.2 Å². The maximum Gasteiger partial charge on any atom is 0.237 e. The van der Waals surface area contributed by atoms with Crippen molar-refractivity contribution in [3.63, 3.8) is 0 Å². The second-order valence-electron chi connectivity index (χ2n) is 6.43. The molecule has 0 spiro atoms. The molecule has 1 aliphatic heterocycles. The molecule has 2 N–H and O–H groups in total. The van der Waals surface area contributed by atoms with Gasteiger partial charge in [0.05, 0.1) is 25.3 Å². The first-order chi connectivity index (χ1) is 13.2. The van der Waals surface area contributed by atoms with Gasteiger partial charge < -0.3 is 15.4 Å². The number of nitrogens with one attached hydrogen (secondary N) is 2. The Morgan fingerprint density at radius 3 is 2.81 bits per heavy atom. The SMILES string of the molecule is COc1ccc(CNC(=O)CC2C(=O)NCCN2Cc2ccccn2)cc1. The number of amides is 2. The van der Waals surface area contributed by atoms with Crippen LogP contribution in [0.2, 0.25) is 0 Å². The van der Waals surface area contributed by atoms with Gasteiger partial charge in [-0.2, -0.15) is 0 Å². The highest BCUT2D eigenvalue weighted by Crippen LogP contribution is 2.14. The predicted molar refractivity (Wildman–Crippen MR) is 101 cm³/mol. The van der Waals surface area contributed by atoms with E-state index in [0.717, 1.165) is 17.0 Å². The summed E-state index contributed by atoms with van der Waals surface area (Å²) in [5, 5.41) is 5.73. The quantitative estimate of drug-likeness (QED) is 0.765. The molecule has 0 bridgehead atoms.